The first-order chi connectivity index (χ1) is 14.0. The normalized spacial score (nSPS) is 15.3. The molecule has 7 nitrogen and oxygen atoms in total. The Morgan fingerprint density at radius 3 is 2.40 bits per heavy atom. The van der Waals surface area contributed by atoms with Gasteiger partial charge in [0.05, 0.1) is 13.2 Å². The van der Waals surface area contributed by atoms with Crippen molar-refractivity contribution in [2.45, 2.75) is 45.7 Å². The van der Waals surface area contributed by atoms with E-state index in [-0.39, 0.29) is 35.4 Å². The number of carbonyl (C=O) groups excluding carboxylic acids is 1. The van der Waals surface area contributed by atoms with Crippen LogP contribution < -0.4 is 16.0 Å². The van der Waals surface area contributed by atoms with Crippen LogP contribution in [0.5, 0.6) is 0 Å². The fraction of sp³-hybridized carbons (Fsp3) is 0.636. The van der Waals surface area contributed by atoms with Gasteiger partial charge >= 0.3 is 0 Å². The first-order valence-electron chi connectivity index (χ1n) is 10.6. The van der Waals surface area contributed by atoms with Crippen molar-refractivity contribution in [3.05, 3.63) is 35.4 Å². The summed E-state index contributed by atoms with van der Waals surface area (Å²) in [5.74, 6) is 0.758. The van der Waals surface area contributed by atoms with Crippen LogP contribution >= 0.6 is 24.0 Å². The summed E-state index contributed by atoms with van der Waals surface area (Å²) < 4.78 is 5.45. The Balaban J connectivity index is 0.00000450. The molecule has 170 valence electrons. The van der Waals surface area contributed by atoms with E-state index in [0.717, 1.165) is 63.8 Å². The first-order valence-corrected chi connectivity index (χ1v) is 10.6. The van der Waals surface area contributed by atoms with Gasteiger partial charge in [-0.05, 0) is 38.0 Å². The number of aliphatic imine (C=N–C) groups is 1. The minimum Gasteiger partial charge on any atom is -0.379 e. The molecule has 0 spiro atoms. The van der Waals surface area contributed by atoms with E-state index in [4.69, 9.17) is 4.74 Å². The van der Waals surface area contributed by atoms with Crippen LogP contribution in [-0.4, -0.2) is 68.7 Å². The predicted molar refractivity (Wildman–Crippen MR) is 134 cm³/mol. The van der Waals surface area contributed by atoms with Crippen LogP contribution in [0.25, 0.3) is 0 Å². The summed E-state index contributed by atoms with van der Waals surface area (Å²) in [6, 6.07) is 7.70. The highest BCUT2D eigenvalue weighted by Crippen LogP contribution is 2.15. The third-order valence-electron chi connectivity index (χ3n) is 5.27. The molecule has 3 N–H and O–H groups in total. The summed E-state index contributed by atoms with van der Waals surface area (Å²) in [7, 11) is 1.78. The second-order valence-corrected chi connectivity index (χ2v) is 8.00. The Bertz CT molecular complexity index is 658. The number of hydrogen-bond acceptors (Lipinski definition) is 4. The molecule has 0 bridgehead atoms. The van der Waals surface area contributed by atoms with E-state index in [2.05, 4.69) is 46.6 Å². The molecule has 0 aliphatic carbocycles. The van der Waals surface area contributed by atoms with Gasteiger partial charge in [0.1, 0.15) is 0 Å². The lowest BCUT2D eigenvalue weighted by atomic mass is 10.0. The Kier molecular flexibility index (Phi) is 12.3. The van der Waals surface area contributed by atoms with Gasteiger partial charge in [-0.15, -0.1) is 24.0 Å². The summed E-state index contributed by atoms with van der Waals surface area (Å²) in [4.78, 5) is 18.9. The molecule has 1 aliphatic heterocycles. The summed E-state index contributed by atoms with van der Waals surface area (Å²) in [6.45, 7) is 12.3. The first kappa shape index (κ1) is 26.6. The predicted octanol–water partition coefficient (Wildman–Crippen LogP) is 2.61. The molecule has 0 aromatic heterocycles. The quantitative estimate of drug-likeness (QED) is 0.198. The average molecular weight is 531 g/mol. The third-order valence-corrected chi connectivity index (χ3v) is 5.27. The molecule has 2 rings (SSSR count). The molecule has 0 saturated carbocycles. The van der Waals surface area contributed by atoms with Crippen molar-refractivity contribution in [3.8, 4) is 0 Å². The maximum atomic E-state index is 12.1. The topological polar surface area (TPSA) is 78.0 Å². The maximum Gasteiger partial charge on any atom is 0.251 e. The number of morpholine rings is 1. The van der Waals surface area contributed by atoms with Crippen molar-refractivity contribution in [3.63, 3.8) is 0 Å². The number of nitrogens with zero attached hydrogens (tertiary/aromatic N) is 2. The summed E-state index contributed by atoms with van der Waals surface area (Å²) in [6.07, 6.45) is 2.08. The van der Waals surface area contributed by atoms with E-state index < -0.39 is 0 Å². The van der Waals surface area contributed by atoms with Gasteiger partial charge in [-0.2, -0.15) is 0 Å². The molecule has 1 aliphatic rings. The lowest BCUT2D eigenvalue weighted by Crippen LogP contribution is -2.56. The number of carbonyl (C=O) groups is 1. The fourth-order valence-electron chi connectivity index (χ4n) is 3.24. The fourth-order valence-corrected chi connectivity index (χ4v) is 3.24. The zero-order chi connectivity index (χ0) is 21.1. The second-order valence-electron chi connectivity index (χ2n) is 8.00. The van der Waals surface area contributed by atoms with Gasteiger partial charge in [0.2, 0.25) is 0 Å². The van der Waals surface area contributed by atoms with Crippen LogP contribution in [0.2, 0.25) is 0 Å². The van der Waals surface area contributed by atoms with Crippen LogP contribution in [-0.2, 0) is 11.3 Å². The van der Waals surface area contributed by atoms with Crippen molar-refractivity contribution in [2.75, 3.05) is 46.4 Å². The summed E-state index contributed by atoms with van der Waals surface area (Å²) >= 11 is 0. The van der Waals surface area contributed by atoms with E-state index in [1.165, 1.54) is 0 Å². The number of amides is 1. The highest BCUT2D eigenvalue weighted by molar-refractivity contribution is 14.0. The average Bonchev–Trinajstić information content (AvgIpc) is 2.75. The number of benzene rings is 1. The van der Waals surface area contributed by atoms with Crippen LogP contribution in [0.4, 0.5) is 0 Å². The number of halogens is 1. The van der Waals surface area contributed by atoms with Crippen LogP contribution in [0.1, 0.15) is 49.5 Å². The molecule has 0 unspecified atom stereocenters. The van der Waals surface area contributed by atoms with Crippen LogP contribution in [0.3, 0.4) is 0 Å². The maximum absolute atomic E-state index is 12.1. The Morgan fingerprint density at radius 1 is 1.13 bits per heavy atom. The Morgan fingerprint density at radius 2 is 1.80 bits per heavy atom. The molecular formula is C22H38IN5O2. The van der Waals surface area contributed by atoms with Gasteiger partial charge in [0.25, 0.3) is 5.91 Å². The van der Waals surface area contributed by atoms with Gasteiger partial charge in [-0.1, -0.05) is 25.5 Å². The molecular weight excluding hydrogens is 493 g/mol. The standard InChI is InChI=1S/C22H37N5O2.HI/c1-5-6-11-24-20(28)19-9-7-18(8-10-19)16-25-21(23-4)26-17-22(2,3)27-12-14-29-15-13-27;/h7-10H,5-6,11-17H2,1-4H3,(H,24,28)(H2,23,25,26);1H. The van der Waals surface area contributed by atoms with E-state index in [9.17, 15) is 4.79 Å². The lowest BCUT2D eigenvalue weighted by Gasteiger charge is -2.41. The van der Waals surface area contributed by atoms with Crippen LogP contribution in [0, 0.1) is 0 Å². The Labute approximate surface area is 198 Å². The summed E-state index contributed by atoms with van der Waals surface area (Å²) in [5, 5.41) is 9.72. The van der Waals surface area contributed by atoms with Gasteiger partial charge in [-0.25, -0.2) is 0 Å². The van der Waals surface area contributed by atoms with Crippen molar-refractivity contribution in [1.82, 2.24) is 20.9 Å². The minimum absolute atomic E-state index is 0. The minimum atomic E-state index is -0.0132. The van der Waals surface area contributed by atoms with Gasteiger partial charge in [0, 0.05) is 50.9 Å². The van der Waals surface area contributed by atoms with Crippen LogP contribution in [0.15, 0.2) is 29.3 Å². The van der Waals surface area contributed by atoms with Crippen molar-refractivity contribution in [2.24, 2.45) is 4.99 Å². The zero-order valence-corrected chi connectivity index (χ0v) is 21.1. The van der Waals surface area contributed by atoms with Gasteiger partial charge in [0.15, 0.2) is 5.96 Å². The number of ether oxygens (including phenoxy) is 1. The SMILES string of the molecule is CCCCNC(=O)c1ccc(CNC(=NC)NCC(C)(C)N2CCOCC2)cc1.I. The van der Waals surface area contributed by atoms with Crippen molar-refractivity contribution >= 4 is 35.8 Å². The number of unbranched alkanes of at least 4 members (excludes halogenated alkanes) is 1. The number of nitrogens with one attached hydrogen (secondary N) is 3. The molecule has 1 saturated heterocycles. The molecule has 1 aromatic carbocycles. The molecule has 1 heterocycles. The number of guanidine groups is 1. The monoisotopic (exact) mass is 531 g/mol. The molecule has 1 aromatic rings. The van der Waals surface area contributed by atoms with E-state index >= 15 is 0 Å². The molecule has 0 atom stereocenters. The smallest absolute Gasteiger partial charge is 0.251 e. The second kappa shape index (κ2) is 13.8. The molecule has 0 radical (unpaired) electrons. The zero-order valence-electron chi connectivity index (χ0n) is 18.8. The largest absolute Gasteiger partial charge is 0.379 e. The number of rotatable bonds is 9. The lowest BCUT2D eigenvalue weighted by molar-refractivity contribution is -0.00834. The van der Waals surface area contributed by atoms with Crippen molar-refractivity contribution in [1.29, 1.82) is 0 Å². The molecule has 8 heteroatoms. The molecule has 1 amide bonds. The molecule has 30 heavy (non-hydrogen) atoms. The summed E-state index contributed by atoms with van der Waals surface area (Å²) in [5.41, 5.74) is 1.82. The third kappa shape index (κ3) is 8.77. The van der Waals surface area contributed by atoms with E-state index in [1.807, 2.05) is 24.3 Å². The highest BCUT2D eigenvalue weighted by Gasteiger charge is 2.28. The molecule has 1 fully saturated rings. The van der Waals surface area contributed by atoms with Gasteiger partial charge < -0.3 is 20.7 Å². The van der Waals surface area contributed by atoms with E-state index in [0.29, 0.717) is 12.1 Å². The van der Waals surface area contributed by atoms with E-state index in [1.54, 1.807) is 7.05 Å². The van der Waals surface area contributed by atoms with Gasteiger partial charge in [-0.3, -0.25) is 14.7 Å². The van der Waals surface area contributed by atoms with Crippen molar-refractivity contribution < 1.29 is 9.53 Å². The Hall–Kier alpha value is -1.39. The highest BCUT2D eigenvalue weighted by atomic mass is 127. The number of hydrogen-bond donors (Lipinski definition) is 3.